The fourth-order valence-corrected chi connectivity index (χ4v) is 6.05. The van der Waals surface area contributed by atoms with Gasteiger partial charge in [-0.1, -0.05) is 109 Å². The molecule has 0 saturated carbocycles. The molecule has 7 aromatic rings. The minimum absolute atomic E-state index is 0.837. The van der Waals surface area contributed by atoms with Crippen LogP contribution in [-0.4, -0.2) is 0 Å². The van der Waals surface area contributed by atoms with Crippen LogP contribution in [0.4, 0.5) is 34.1 Å². The molecule has 0 atom stereocenters. The van der Waals surface area contributed by atoms with Crippen LogP contribution in [0, 0.1) is 0 Å². The van der Waals surface area contributed by atoms with Gasteiger partial charge in [-0.3, -0.25) is 0 Å². The number of para-hydroxylation sites is 4. The van der Waals surface area contributed by atoms with Crippen LogP contribution in [0.25, 0.3) is 22.3 Å². The highest BCUT2D eigenvalue weighted by molar-refractivity contribution is 5.88. The molecule has 0 N–H and O–H groups in total. The van der Waals surface area contributed by atoms with E-state index < -0.39 is 0 Å². The molecule has 1 heterocycles. The fourth-order valence-electron chi connectivity index (χ4n) is 6.05. The zero-order chi connectivity index (χ0) is 30.0. The fraction of sp³-hybridized carbons (Fsp3) is 0. The van der Waals surface area contributed by atoms with Gasteiger partial charge in [-0.15, -0.1) is 0 Å². The van der Waals surface area contributed by atoms with Crippen LogP contribution >= 0.6 is 0 Å². The van der Waals surface area contributed by atoms with Crippen molar-refractivity contribution in [2.24, 2.45) is 0 Å². The Morgan fingerprint density at radius 2 is 0.822 bits per heavy atom. The van der Waals surface area contributed by atoms with Crippen LogP contribution in [0.3, 0.4) is 0 Å². The van der Waals surface area contributed by atoms with Crippen molar-refractivity contribution >= 4 is 34.1 Å². The molecule has 1 aliphatic heterocycles. The van der Waals surface area contributed by atoms with E-state index in [-0.39, 0.29) is 0 Å². The van der Waals surface area contributed by atoms with E-state index >= 15 is 0 Å². The highest BCUT2D eigenvalue weighted by Gasteiger charge is 2.26. The Labute approximate surface area is 263 Å². The molecule has 3 nitrogen and oxygen atoms in total. The minimum atomic E-state index is 0.837. The number of hydrogen-bond acceptors (Lipinski definition) is 3. The van der Waals surface area contributed by atoms with E-state index in [9.17, 15) is 0 Å². The summed E-state index contributed by atoms with van der Waals surface area (Å²) >= 11 is 0. The molecule has 45 heavy (non-hydrogen) atoms. The third kappa shape index (κ3) is 5.11. The van der Waals surface area contributed by atoms with Crippen molar-refractivity contribution in [1.29, 1.82) is 0 Å². The molecule has 0 saturated heterocycles. The third-order valence-corrected chi connectivity index (χ3v) is 8.25. The first-order valence-electron chi connectivity index (χ1n) is 15.2. The number of fused-ring (bicyclic) bond motifs is 2. The van der Waals surface area contributed by atoms with Crippen LogP contribution < -0.4 is 14.5 Å². The summed E-state index contributed by atoms with van der Waals surface area (Å²) in [5.41, 5.74) is 11.1. The molecule has 0 unspecified atom stereocenters. The van der Waals surface area contributed by atoms with Gasteiger partial charge in [0, 0.05) is 22.7 Å². The van der Waals surface area contributed by atoms with Gasteiger partial charge in [0.25, 0.3) is 0 Å². The van der Waals surface area contributed by atoms with Crippen LogP contribution in [0.1, 0.15) is 0 Å². The summed E-state index contributed by atoms with van der Waals surface area (Å²) < 4.78 is 6.46. The van der Waals surface area contributed by atoms with E-state index in [0.29, 0.717) is 0 Å². The van der Waals surface area contributed by atoms with Crippen LogP contribution in [0.15, 0.2) is 182 Å². The van der Waals surface area contributed by atoms with Crippen LogP contribution in [0.5, 0.6) is 11.5 Å². The highest BCUT2D eigenvalue weighted by Crippen LogP contribution is 2.51. The molecule has 0 spiro atoms. The Morgan fingerprint density at radius 1 is 0.356 bits per heavy atom. The standard InChI is InChI=1S/C42H30N2O/c1-4-12-31(13-5-1)32-20-25-37(26-21-32)43(35-14-6-2-7-15-35)38-27-22-33(23-28-38)34-24-29-40-42(30-34)45-41-19-11-10-18-39(41)44(40)36-16-8-3-9-17-36/h1-30H. The normalized spacial score (nSPS) is 11.7. The summed E-state index contributed by atoms with van der Waals surface area (Å²) in [7, 11) is 0. The molecule has 0 bridgehead atoms. The number of nitrogens with zero attached hydrogens (tertiary/aromatic N) is 2. The maximum Gasteiger partial charge on any atom is 0.152 e. The molecule has 0 fully saturated rings. The van der Waals surface area contributed by atoms with Gasteiger partial charge >= 0.3 is 0 Å². The molecule has 8 rings (SSSR count). The topological polar surface area (TPSA) is 15.7 Å². The molecular formula is C42H30N2O. The van der Waals surface area contributed by atoms with Gasteiger partial charge < -0.3 is 14.5 Å². The van der Waals surface area contributed by atoms with Crippen LogP contribution in [0.2, 0.25) is 0 Å². The molecule has 7 aromatic carbocycles. The summed E-state index contributed by atoms with van der Waals surface area (Å²) in [6.45, 7) is 0. The van der Waals surface area contributed by atoms with Gasteiger partial charge in [0.05, 0.1) is 11.4 Å². The van der Waals surface area contributed by atoms with E-state index in [2.05, 4.69) is 168 Å². The Balaban J connectivity index is 1.13. The van der Waals surface area contributed by atoms with Crippen molar-refractivity contribution in [3.63, 3.8) is 0 Å². The Bertz CT molecular complexity index is 2060. The van der Waals surface area contributed by atoms with E-state index in [1.807, 2.05) is 24.3 Å². The second kappa shape index (κ2) is 11.6. The second-order valence-corrected chi connectivity index (χ2v) is 11.1. The summed E-state index contributed by atoms with van der Waals surface area (Å²) in [5.74, 6) is 1.68. The molecule has 214 valence electrons. The maximum atomic E-state index is 6.46. The smallest absolute Gasteiger partial charge is 0.152 e. The van der Waals surface area contributed by atoms with Crippen molar-refractivity contribution in [1.82, 2.24) is 0 Å². The second-order valence-electron chi connectivity index (χ2n) is 11.1. The first-order valence-corrected chi connectivity index (χ1v) is 15.2. The quantitative estimate of drug-likeness (QED) is 0.195. The van der Waals surface area contributed by atoms with Crippen molar-refractivity contribution in [3.05, 3.63) is 182 Å². The molecule has 3 heteroatoms. The first-order chi connectivity index (χ1) is 22.3. The Morgan fingerprint density at radius 3 is 1.49 bits per heavy atom. The SMILES string of the molecule is c1ccc(-c2ccc(N(c3ccccc3)c3ccc(-c4ccc5c(c4)Oc4ccccc4N5c4ccccc4)cc3)cc2)cc1. The van der Waals surface area contributed by atoms with Crippen molar-refractivity contribution in [3.8, 4) is 33.8 Å². The predicted molar refractivity (Wildman–Crippen MR) is 187 cm³/mol. The molecule has 0 radical (unpaired) electrons. The molecule has 0 aliphatic carbocycles. The average Bonchev–Trinajstić information content (AvgIpc) is 3.12. The number of anilines is 6. The van der Waals surface area contributed by atoms with E-state index in [4.69, 9.17) is 4.74 Å². The predicted octanol–water partition coefficient (Wildman–Crippen LogP) is 12.1. The van der Waals surface area contributed by atoms with Gasteiger partial charge in [-0.25, -0.2) is 0 Å². The zero-order valence-corrected chi connectivity index (χ0v) is 24.6. The number of hydrogen-bond donors (Lipinski definition) is 0. The molecule has 0 aromatic heterocycles. The first kappa shape index (κ1) is 26.6. The van der Waals surface area contributed by atoms with E-state index in [0.717, 1.165) is 56.8 Å². The minimum Gasteiger partial charge on any atom is -0.453 e. The largest absolute Gasteiger partial charge is 0.453 e. The third-order valence-electron chi connectivity index (χ3n) is 8.25. The van der Waals surface area contributed by atoms with Crippen molar-refractivity contribution < 1.29 is 4.74 Å². The summed E-state index contributed by atoms with van der Waals surface area (Å²) in [5, 5.41) is 0. The summed E-state index contributed by atoms with van der Waals surface area (Å²) in [6.07, 6.45) is 0. The average molecular weight is 579 g/mol. The van der Waals surface area contributed by atoms with Gasteiger partial charge in [0.15, 0.2) is 11.5 Å². The number of benzene rings is 7. The molecule has 1 aliphatic rings. The maximum absolute atomic E-state index is 6.46. The van der Waals surface area contributed by atoms with Crippen LogP contribution in [-0.2, 0) is 0 Å². The lowest BCUT2D eigenvalue weighted by Gasteiger charge is -2.33. The lowest BCUT2D eigenvalue weighted by Crippen LogP contribution is -2.15. The number of ether oxygens (including phenoxy) is 1. The highest BCUT2D eigenvalue weighted by atomic mass is 16.5. The van der Waals surface area contributed by atoms with E-state index in [1.165, 1.54) is 11.1 Å². The van der Waals surface area contributed by atoms with Gasteiger partial charge in [0.1, 0.15) is 0 Å². The summed E-state index contributed by atoms with van der Waals surface area (Å²) in [6, 6.07) is 63.7. The monoisotopic (exact) mass is 578 g/mol. The molecular weight excluding hydrogens is 548 g/mol. The van der Waals surface area contributed by atoms with Crippen molar-refractivity contribution in [2.75, 3.05) is 9.80 Å². The molecule has 0 amide bonds. The lowest BCUT2D eigenvalue weighted by molar-refractivity contribution is 0.477. The summed E-state index contributed by atoms with van der Waals surface area (Å²) in [4.78, 5) is 4.56. The van der Waals surface area contributed by atoms with E-state index in [1.54, 1.807) is 0 Å². The zero-order valence-electron chi connectivity index (χ0n) is 24.6. The Kier molecular flexibility index (Phi) is 6.82. The number of rotatable bonds is 6. The lowest BCUT2D eigenvalue weighted by atomic mass is 10.0. The van der Waals surface area contributed by atoms with Gasteiger partial charge in [0.2, 0.25) is 0 Å². The van der Waals surface area contributed by atoms with Crippen molar-refractivity contribution in [2.45, 2.75) is 0 Å². The Hall–Kier alpha value is -6.06. The van der Waals surface area contributed by atoms with Gasteiger partial charge in [-0.2, -0.15) is 0 Å². The van der Waals surface area contributed by atoms with Gasteiger partial charge in [-0.05, 0) is 95.1 Å².